The average Bonchev–Trinajstić information content (AvgIpc) is 2.34. The molecular weight excluding hydrogens is 292 g/mol. The highest BCUT2D eigenvalue weighted by Crippen LogP contribution is 2.31. The van der Waals surface area contributed by atoms with Crippen LogP contribution < -0.4 is 10.5 Å². The van der Waals surface area contributed by atoms with Crippen LogP contribution in [0.15, 0.2) is 41.0 Å². The Kier molecular flexibility index (Phi) is 3.99. The van der Waals surface area contributed by atoms with Crippen molar-refractivity contribution in [2.24, 2.45) is 5.73 Å². The lowest BCUT2D eigenvalue weighted by molar-refractivity contribution is 0.465. The predicted octanol–water partition coefficient (Wildman–Crippen LogP) is 3.96. The van der Waals surface area contributed by atoms with Crippen LogP contribution in [-0.2, 0) is 0 Å². The van der Waals surface area contributed by atoms with Gasteiger partial charge in [-0.1, -0.05) is 15.9 Å². The summed E-state index contributed by atoms with van der Waals surface area (Å²) in [6.07, 6.45) is 1.75. The summed E-state index contributed by atoms with van der Waals surface area (Å²) < 4.78 is 6.88. The number of benzene rings is 1. The zero-order chi connectivity index (χ0) is 13.1. The first-order valence-electron chi connectivity index (χ1n) is 5.72. The molecule has 1 atom stereocenters. The minimum atomic E-state index is -0.0884. The molecule has 2 rings (SSSR count). The molecule has 0 saturated carbocycles. The van der Waals surface area contributed by atoms with E-state index < -0.39 is 0 Å². The number of hydrogen-bond acceptors (Lipinski definition) is 3. The summed E-state index contributed by atoms with van der Waals surface area (Å²) in [6.45, 7) is 3.85. The van der Waals surface area contributed by atoms with E-state index in [2.05, 4.69) is 20.9 Å². The van der Waals surface area contributed by atoms with Crippen molar-refractivity contribution in [3.8, 4) is 11.5 Å². The van der Waals surface area contributed by atoms with E-state index in [0.29, 0.717) is 0 Å². The van der Waals surface area contributed by atoms with Crippen molar-refractivity contribution in [3.05, 3.63) is 52.3 Å². The third kappa shape index (κ3) is 2.89. The van der Waals surface area contributed by atoms with Gasteiger partial charge in [-0.25, -0.2) is 0 Å². The van der Waals surface area contributed by atoms with E-state index in [9.17, 15) is 0 Å². The van der Waals surface area contributed by atoms with Crippen molar-refractivity contribution < 1.29 is 4.74 Å². The number of pyridine rings is 1. The molecule has 0 amide bonds. The average molecular weight is 307 g/mol. The van der Waals surface area contributed by atoms with Gasteiger partial charge < -0.3 is 10.5 Å². The van der Waals surface area contributed by atoms with Crippen LogP contribution >= 0.6 is 15.9 Å². The van der Waals surface area contributed by atoms with Crippen molar-refractivity contribution >= 4 is 15.9 Å². The van der Waals surface area contributed by atoms with Crippen molar-refractivity contribution in [1.29, 1.82) is 0 Å². The summed E-state index contributed by atoms with van der Waals surface area (Å²) in [5.74, 6) is 1.52. The minimum absolute atomic E-state index is 0.0884. The number of aryl methyl sites for hydroxylation is 1. The molecule has 94 valence electrons. The van der Waals surface area contributed by atoms with Gasteiger partial charge in [-0.05, 0) is 44.2 Å². The highest BCUT2D eigenvalue weighted by atomic mass is 79.9. The molecule has 0 bridgehead atoms. The lowest BCUT2D eigenvalue weighted by atomic mass is 10.1. The van der Waals surface area contributed by atoms with E-state index in [4.69, 9.17) is 10.5 Å². The normalized spacial score (nSPS) is 12.2. The summed E-state index contributed by atoms with van der Waals surface area (Å²) >= 11 is 3.44. The van der Waals surface area contributed by atoms with Gasteiger partial charge in [0.15, 0.2) is 0 Å². The first kappa shape index (κ1) is 13.1. The van der Waals surface area contributed by atoms with Crippen molar-refractivity contribution in [1.82, 2.24) is 4.98 Å². The molecule has 0 aliphatic carbocycles. The lowest BCUT2D eigenvalue weighted by Crippen LogP contribution is -2.07. The third-order valence-corrected chi connectivity index (χ3v) is 3.13. The number of nitrogens with two attached hydrogens (primary N) is 1. The number of ether oxygens (including phenoxy) is 1. The molecule has 2 N–H and O–H groups in total. The van der Waals surface area contributed by atoms with Crippen molar-refractivity contribution in [2.75, 3.05) is 0 Å². The van der Waals surface area contributed by atoms with Gasteiger partial charge in [0.05, 0.1) is 5.69 Å². The van der Waals surface area contributed by atoms with Crippen LogP contribution in [0.25, 0.3) is 0 Å². The number of hydrogen-bond donors (Lipinski definition) is 1. The van der Waals surface area contributed by atoms with Crippen LogP contribution in [0.4, 0.5) is 0 Å². The second-order valence-electron chi connectivity index (χ2n) is 4.16. The third-order valence-electron chi connectivity index (χ3n) is 2.64. The van der Waals surface area contributed by atoms with E-state index in [0.717, 1.165) is 27.2 Å². The van der Waals surface area contributed by atoms with Gasteiger partial charge in [0.2, 0.25) is 0 Å². The second-order valence-corrected chi connectivity index (χ2v) is 5.08. The predicted molar refractivity (Wildman–Crippen MR) is 75.8 cm³/mol. The molecule has 1 unspecified atom stereocenters. The Labute approximate surface area is 115 Å². The van der Waals surface area contributed by atoms with E-state index in [1.165, 1.54) is 0 Å². The van der Waals surface area contributed by atoms with E-state index >= 15 is 0 Å². The van der Waals surface area contributed by atoms with Crippen molar-refractivity contribution in [2.45, 2.75) is 19.9 Å². The van der Waals surface area contributed by atoms with Gasteiger partial charge in [0, 0.05) is 22.3 Å². The Balaban J connectivity index is 2.37. The largest absolute Gasteiger partial charge is 0.455 e. The highest BCUT2D eigenvalue weighted by Gasteiger charge is 2.11. The molecule has 0 spiro atoms. The Morgan fingerprint density at radius 1 is 1.28 bits per heavy atom. The fourth-order valence-corrected chi connectivity index (χ4v) is 2.04. The maximum atomic E-state index is 5.96. The van der Waals surface area contributed by atoms with Crippen LogP contribution in [0, 0.1) is 6.92 Å². The number of halogens is 1. The van der Waals surface area contributed by atoms with Crippen LogP contribution in [0.2, 0.25) is 0 Å². The Bertz CT molecular complexity index is 555. The molecule has 4 heteroatoms. The standard InChI is InChI=1S/C14H15BrN2O/c1-9(16)12-8-11(15)5-6-14(12)18-13-4-3-7-17-10(13)2/h3-9H,16H2,1-2H3. The fourth-order valence-electron chi connectivity index (χ4n) is 1.66. The summed E-state index contributed by atoms with van der Waals surface area (Å²) in [4.78, 5) is 4.20. The van der Waals surface area contributed by atoms with Gasteiger partial charge in [0.1, 0.15) is 11.5 Å². The Hall–Kier alpha value is -1.39. The summed E-state index contributed by atoms with van der Waals surface area (Å²) in [7, 11) is 0. The van der Waals surface area contributed by atoms with E-state index in [-0.39, 0.29) is 6.04 Å². The number of nitrogens with zero attached hydrogens (tertiary/aromatic N) is 1. The summed E-state index contributed by atoms with van der Waals surface area (Å²) in [5.41, 5.74) is 7.78. The summed E-state index contributed by atoms with van der Waals surface area (Å²) in [5, 5.41) is 0. The lowest BCUT2D eigenvalue weighted by Gasteiger charge is -2.15. The zero-order valence-corrected chi connectivity index (χ0v) is 11.9. The molecule has 3 nitrogen and oxygen atoms in total. The Morgan fingerprint density at radius 3 is 2.72 bits per heavy atom. The molecule has 18 heavy (non-hydrogen) atoms. The summed E-state index contributed by atoms with van der Waals surface area (Å²) in [6, 6.07) is 9.49. The molecule has 0 fully saturated rings. The van der Waals surface area contributed by atoms with Gasteiger partial charge in [-0.15, -0.1) is 0 Å². The molecule has 1 aromatic carbocycles. The Morgan fingerprint density at radius 2 is 2.06 bits per heavy atom. The van der Waals surface area contributed by atoms with Crippen LogP contribution in [0.1, 0.15) is 24.2 Å². The minimum Gasteiger partial charge on any atom is -0.455 e. The van der Waals surface area contributed by atoms with Crippen LogP contribution in [0.3, 0.4) is 0 Å². The van der Waals surface area contributed by atoms with Gasteiger partial charge >= 0.3 is 0 Å². The first-order valence-corrected chi connectivity index (χ1v) is 6.51. The topological polar surface area (TPSA) is 48.1 Å². The van der Waals surface area contributed by atoms with Gasteiger partial charge in [-0.3, -0.25) is 4.98 Å². The monoisotopic (exact) mass is 306 g/mol. The molecular formula is C14H15BrN2O. The molecule has 0 aliphatic rings. The smallest absolute Gasteiger partial charge is 0.148 e. The molecule has 0 aliphatic heterocycles. The molecule has 2 aromatic rings. The van der Waals surface area contributed by atoms with E-state index in [1.54, 1.807) is 6.20 Å². The molecule has 0 saturated heterocycles. The molecule has 1 heterocycles. The number of rotatable bonds is 3. The fraction of sp³-hybridized carbons (Fsp3) is 0.214. The van der Waals surface area contributed by atoms with Crippen LogP contribution in [0.5, 0.6) is 11.5 Å². The maximum absolute atomic E-state index is 5.96. The van der Waals surface area contributed by atoms with Crippen LogP contribution in [-0.4, -0.2) is 4.98 Å². The highest BCUT2D eigenvalue weighted by molar-refractivity contribution is 9.10. The SMILES string of the molecule is Cc1ncccc1Oc1ccc(Br)cc1C(C)N. The van der Waals surface area contributed by atoms with Gasteiger partial charge in [-0.2, -0.15) is 0 Å². The van der Waals surface area contributed by atoms with Crippen molar-refractivity contribution in [3.63, 3.8) is 0 Å². The van der Waals surface area contributed by atoms with E-state index in [1.807, 2.05) is 44.2 Å². The second kappa shape index (κ2) is 5.50. The van der Waals surface area contributed by atoms with Gasteiger partial charge in [0.25, 0.3) is 0 Å². The maximum Gasteiger partial charge on any atom is 0.148 e. The number of aromatic nitrogens is 1. The molecule has 1 aromatic heterocycles. The quantitative estimate of drug-likeness (QED) is 0.933. The first-order chi connectivity index (χ1) is 8.58. The zero-order valence-electron chi connectivity index (χ0n) is 10.4. The molecule has 0 radical (unpaired) electrons.